The van der Waals surface area contributed by atoms with Crippen molar-refractivity contribution in [2.75, 3.05) is 13.2 Å². The zero-order valence-electron chi connectivity index (χ0n) is 15.7. The molecule has 148 valence electrons. The quantitative estimate of drug-likeness (QED) is 0.351. The van der Waals surface area contributed by atoms with Crippen LogP contribution >= 0.6 is 0 Å². The maximum Gasteiger partial charge on any atom is 1.00 e. The monoisotopic (exact) mass is 474 g/mol. The number of hydrogen-bond acceptors (Lipinski definition) is 3. The van der Waals surface area contributed by atoms with Crippen LogP contribution in [0.2, 0.25) is 0 Å². The number of benzene rings is 2. The van der Waals surface area contributed by atoms with Crippen molar-refractivity contribution in [2.24, 2.45) is 0 Å². The van der Waals surface area contributed by atoms with Crippen molar-refractivity contribution in [3.63, 3.8) is 0 Å². The Balaban J connectivity index is 0.00000392. The molecule has 0 aliphatic heterocycles. The average molecular weight is 475 g/mol. The smallest absolute Gasteiger partial charge is 0.482 e. The Morgan fingerprint density at radius 3 is 2.25 bits per heavy atom. The van der Waals surface area contributed by atoms with Crippen molar-refractivity contribution in [1.82, 2.24) is 0 Å². The molecule has 0 radical (unpaired) electrons. The molecular formula is C19H18F5O3Rb. The molecule has 2 aromatic carbocycles. The van der Waals surface area contributed by atoms with Gasteiger partial charge in [0.1, 0.15) is 5.75 Å². The number of hydrogen-bond donors (Lipinski definition) is 0. The normalized spacial score (nSPS) is 11.7. The van der Waals surface area contributed by atoms with Crippen LogP contribution in [0.15, 0.2) is 36.4 Å². The molecule has 0 bridgehead atoms. The molecule has 0 amide bonds. The molecule has 0 aliphatic rings. The molecule has 9 heteroatoms. The summed E-state index contributed by atoms with van der Waals surface area (Å²) in [6.07, 6.45) is -4.95. The van der Waals surface area contributed by atoms with Crippen molar-refractivity contribution >= 4 is 16.7 Å². The van der Waals surface area contributed by atoms with Crippen molar-refractivity contribution in [3.8, 4) is 5.75 Å². The summed E-state index contributed by atoms with van der Waals surface area (Å²) in [4.78, 5) is 11.5. The van der Waals surface area contributed by atoms with E-state index in [0.717, 1.165) is 23.3 Å². The second-order valence-corrected chi connectivity index (χ2v) is 5.94. The predicted octanol–water partition coefficient (Wildman–Crippen LogP) is 2.32. The molecule has 0 aliphatic carbocycles. The van der Waals surface area contributed by atoms with Crippen LogP contribution in [0, 0.1) is 5.92 Å². The standard InChI is InChI=1S/C19H18F5O3.Rb/c1-3-12(2)13-6-4-8-15-14(13)7-5-9-16(15)26-10-17(25)27-11-18(20,21)19(22,23)24;/h4-9H,3,10-11H2,1-2H3;/q-1;+1. The summed E-state index contributed by atoms with van der Waals surface area (Å²) in [5.74, 6) is -4.97. The van der Waals surface area contributed by atoms with Crippen LogP contribution in [-0.4, -0.2) is 31.3 Å². The molecule has 0 heterocycles. The van der Waals surface area contributed by atoms with E-state index in [1.807, 2.05) is 32.0 Å². The van der Waals surface area contributed by atoms with Gasteiger partial charge in [0.05, 0.1) is 0 Å². The molecule has 0 N–H and O–H groups in total. The van der Waals surface area contributed by atoms with Crippen molar-refractivity contribution < 1.29 is 94.4 Å². The van der Waals surface area contributed by atoms with Crippen LogP contribution in [0.3, 0.4) is 0 Å². The zero-order chi connectivity index (χ0) is 20.2. The predicted molar refractivity (Wildman–Crippen MR) is 89.7 cm³/mol. The molecule has 0 spiro atoms. The van der Waals surface area contributed by atoms with E-state index in [2.05, 4.69) is 4.74 Å². The third-order valence-corrected chi connectivity index (χ3v) is 4.05. The molecule has 3 nitrogen and oxygen atoms in total. The van der Waals surface area contributed by atoms with Crippen LogP contribution in [0.5, 0.6) is 5.75 Å². The fourth-order valence-corrected chi connectivity index (χ4v) is 2.40. The van der Waals surface area contributed by atoms with Gasteiger partial charge in [0.15, 0.2) is 13.2 Å². The molecule has 28 heavy (non-hydrogen) atoms. The van der Waals surface area contributed by atoms with Crippen molar-refractivity contribution in [3.05, 3.63) is 47.9 Å². The summed E-state index contributed by atoms with van der Waals surface area (Å²) in [5, 5.41) is 1.57. The number of rotatable bonds is 7. The first-order valence-corrected chi connectivity index (χ1v) is 8.14. The van der Waals surface area contributed by atoms with Gasteiger partial charge in [-0.2, -0.15) is 39.5 Å². The Labute approximate surface area is 208 Å². The maximum atomic E-state index is 12.8. The molecular weight excluding hydrogens is 457 g/mol. The molecule has 2 rings (SSSR count). The van der Waals surface area contributed by atoms with Gasteiger partial charge in [-0.15, -0.1) is 17.5 Å². The number of halogens is 5. The minimum absolute atomic E-state index is 0. The van der Waals surface area contributed by atoms with Gasteiger partial charge in [-0.1, -0.05) is 32.4 Å². The number of carbonyl (C=O) groups excluding carboxylic acids is 1. The van der Waals surface area contributed by atoms with E-state index in [1.54, 1.807) is 18.2 Å². The Hall–Kier alpha value is -0.705. The SMILES string of the molecule is CC[C-](C)c1cccc2c(OCC(=O)OCC(F)(F)C(F)(F)F)cccc12.[Rb+]. The summed E-state index contributed by atoms with van der Waals surface area (Å²) < 4.78 is 71.0. The maximum absolute atomic E-state index is 12.8. The Morgan fingerprint density at radius 2 is 1.64 bits per heavy atom. The summed E-state index contributed by atoms with van der Waals surface area (Å²) in [7, 11) is 0. The fourth-order valence-electron chi connectivity index (χ4n) is 2.40. The molecule has 0 atom stereocenters. The van der Waals surface area contributed by atoms with E-state index in [1.165, 1.54) is 0 Å². The van der Waals surface area contributed by atoms with Crippen LogP contribution in [-0.2, 0) is 9.53 Å². The molecule has 0 fully saturated rings. The van der Waals surface area contributed by atoms with Gasteiger partial charge >= 0.3 is 76.3 Å². The van der Waals surface area contributed by atoms with Crippen LogP contribution in [0.25, 0.3) is 10.8 Å². The molecule has 2 aromatic rings. The van der Waals surface area contributed by atoms with E-state index in [4.69, 9.17) is 4.74 Å². The molecule has 0 saturated carbocycles. The van der Waals surface area contributed by atoms with E-state index >= 15 is 0 Å². The Kier molecular flexibility index (Phi) is 9.37. The third-order valence-electron chi connectivity index (χ3n) is 4.05. The fraction of sp³-hybridized carbons (Fsp3) is 0.368. The van der Waals surface area contributed by atoms with Crippen LogP contribution < -0.4 is 62.9 Å². The third kappa shape index (κ3) is 6.14. The van der Waals surface area contributed by atoms with E-state index < -0.39 is 31.3 Å². The summed E-state index contributed by atoms with van der Waals surface area (Å²) in [6.45, 7) is 1.14. The van der Waals surface area contributed by atoms with Gasteiger partial charge < -0.3 is 9.47 Å². The first-order chi connectivity index (χ1) is 12.6. The van der Waals surface area contributed by atoms with Crippen LogP contribution in [0.1, 0.15) is 25.8 Å². The van der Waals surface area contributed by atoms with E-state index in [-0.39, 0.29) is 58.2 Å². The number of esters is 1. The topological polar surface area (TPSA) is 35.5 Å². The van der Waals surface area contributed by atoms with Crippen molar-refractivity contribution in [2.45, 2.75) is 32.4 Å². The van der Waals surface area contributed by atoms with Gasteiger partial charge in [0, 0.05) is 0 Å². The first kappa shape index (κ1) is 25.3. The second kappa shape index (κ2) is 10.4. The number of carbonyl (C=O) groups is 1. The molecule has 0 saturated heterocycles. The summed E-state index contributed by atoms with van der Waals surface area (Å²) in [5.41, 5.74) is 1.01. The number of alkyl halides is 5. The zero-order valence-corrected chi connectivity index (χ0v) is 20.6. The molecule has 0 aromatic heterocycles. The molecule has 0 unspecified atom stereocenters. The second-order valence-electron chi connectivity index (χ2n) is 5.94. The van der Waals surface area contributed by atoms with Gasteiger partial charge in [0.2, 0.25) is 0 Å². The minimum Gasteiger partial charge on any atom is -0.482 e. The summed E-state index contributed by atoms with van der Waals surface area (Å²) in [6, 6.07) is 10.7. The number of ether oxygens (including phenoxy) is 2. The minimum atomic E-state index is -5.78. The van der Waals surface area contributed by atoms with Crippen LogP contribution in [0.4, 0.5) is 22.0 Å². The van der Waals surface area contributed by atoms with Gasteiger partial charge in [-0.3, -0.25) is 0 Å². The largest absolute Gasteiger partial charge is 1.00 e. The Morgan fingerprint density at radius 1 is 1.04 bits per heavy atom. The summed E-state index contributed by atoms with van der Waals surface area (Å²) >= 11 is 0. The van der Waals surface area contributed by atoms with Gasteiger partial charge in [-0.05, 0) is 11.5 Å². The Bertz CT molecular complexity index is 808. The average Bonchev–Trinajstić information content (AvgIpc) is 2.62. The van der Waals surface area contributed by atoms with Gasteiger partial charge in [0.25, 0.3) is 0 Å². The van der Waals surface area contributed by atoms with Crippen molar-refractivity contribution in [1.29, 1.82) is 0 Å². The van der Waals surface area contributed by atoms with Gasteiger partial charge in [-0.25, -0.2) is 4.79 Å². The number of fused-ring (bicyclic) bond motifs is 1. The van der Waals surface area contributed by atoms with E-state index in [9.17, 15) is 26.7 Å². The first-order valence-electron chi connectivity index (χ1n) is 8.14. The van der Waals surface area contributed by atoms with E-state index in [0.29, 0.717) is 11.1 Å².